The zero-order valence-corrected chi connectivity index (χ0v) is 10.8. The number of carboxylic acid groups (broad SMARTS) is 1. The Hall–Kier alpha value is -1.55. The van der Waals surface area contributed by atoms with E-state index in [2.05, 4.69) is 26.0 Å². The molecule has 1 unspecified atom stereocenters. The van der Waals surface area contributed by atoms with E-state index in [1.54, 1.807) is 0 Å². The van der Waals surface area contributed by atoms with Crippen molar-refractivity contribution in [1.29, 1.82) is 0 Å². The van der Waals surface area contributed by atoms with Crippen molar-refractivity contribution in [2.75, 3.05) is 24.7 Å². The molecule has 4 nitrogen and oxygen atoms in total. The molecule has 0 aromatic heterocycles. The lowest BCUT2D eigenvalue weighted by Crippen LogP contribution is -2.50. The number of hydrogen-bond acceptors (Lipinski definition) is 3. The van der Waals surface area contributed by atoms with Gasteiger partial charge in [-0.25, -0.2) is 4.79 Å². The Balaban J connectivity index is 2.20. The van der Waals surface area contributed by atoms with Gasteiger partial charge in [-0.3, -0.25) is 0 Å². The number of nitrogens with zero attached hydrogens (tertiary/aromatic N) is 1. The normalized spacial score (nSPS) is 20.2. The first kappa shape index (κ1) is 12.9. The zero-order valence-electron chi connectivity index (χ0n) is 10.8. The second-order valence-corrected chi connectivity index (χ2v) is 4.87. The lowest BCUT2D eigenvalue weighted by molar-refractivity contribution is -0.141. The van der Waals surface area contributed by atoms with E-state index in [1.807, 2.05) is 17.0 Å². The molecule has 18 heavy (non-hydrogen) atoms. The third-order valence-corrected chi connectivity index (χ3v) is 3.30. The minimum absolute atomic E-state index is 0.251. The minimum atomic E-state index is -0.831. The maximum Gasteiger partial charge on any atom is 0.328 e. The number of benzene rings is 1. The van der Waals surface area contributed by atoms with Crippen LogP contribution in [-0.2, 0) is 9.53 Å². The van der Waals surface area contributed by atoms with Gasteiger partial charge in [-0.15, -0.1) is 0 Å². The predicted octanol–water partition coefficient (Wildman–Crippen LogP) is 2.10. The van der Waals surface area contributed by atoms with Gasteiger partial charge in [0.15, 0.2) is 6.04 Å². The number of rotatable bonds is 3. The minimum Gasteiger partial charge on any atom is -0.480 e. The summed E-state index contributed by atoms with van der Waals surface area (Å²) in [7, 11) is 0. The summed E-state index contributed by atoms with van der Waals surface area (Å²) in [6.45, 7) is 5.74. The summed E-state index contributed by atoms with van der Waals surface area (Å²) < 4.78 is 5.23. The van der Waals surface area contributed by atoms with E-state index in [0.29, 0.717) is 19.1 Å². The highest BCUT2D eigenvalue weighted by Crippen LogP contribution is 2.23. The van der Waals surface area contributed by atoms with Crippen LogP contribution in [0.25, 0.3) is 0 Å². The van der Waals surface area contributed by atoms with Crippen LogP contribution in [0.2, 0.25) is 0 Å². The van der Waals surface area contributed by atoms with E-state index in [4.69, 9.17) is 4.74 Å². The van der Waals surface area contributed by atoms with Crippen molar-refractivity contribution >= 4 is 11.7 Å². The fourth-order valence-corrected chi connectivity index (χ4v) is 2.17. The van der Waals surface area contributed by atoms with Gasteiger partial charge < -0.3 is 14.7 Å². The summed E-state index contributed by atoms with van der Waals surface area (Å²) in [5.74, 6) is -0.346. The fourth-order valence-electron chi connectivity index (χ4n) is 2.17. The van der Waals surface area contributed by atoms with Crippen LogP contribution in [0.5, 0.6) is 0 Å². The van der Waals surface area contributed by atoms with Gasteiger partial charge in [0.25, 0.3) is 0 Å². The molecule has 1 fully saturated rings. The van der Waals surface area contributed by atoms with Gasteiger partial charge in [0.1, 0.15) is 0 Å². The molecule has 4 heteroatoms. The van der Waals surface area contributed by atoms with Crippen molar-refractivity contribution < 1.29 is 14.6 Å². The lowest BCUT2D eigenvalue weighted by atomic mass is 10.0. The van der Waals surface area contributed by atoms with Crippen molar-refractivity contribution in [1.82, 2.24) is 0 Å². The van der Waals surface area contributed by atoms with E-state index in [0.717, 1.165) is 5.69 Å². The maximum atomic E-state index is 11.2. The molecular weight excluding hydrogens is 230 g/mol. The van der Waals surface area contributed by atoms with Crippen LogP contribution >= 0.6 is 0 Å². The van der Waals surface area contributed by atoms with Crippen molar-refractivity contribution in [3.8, 4) is 0 Å². The van der Waals surface area contributed by atoms with Crippen molar-refractivity contribution in [2.45, 2.75) is 25.8 Å². The monoisotopic (exact) mass is 249 g/mol. The molecule has 1 N–H and O–H groups in total. The molecule has 1 aromatic carbocycles. The second-order valence-electron chi connectivity index (χ2n) is 4.87. The lowest BCUT2D eigenvalue weighted by Gasteiger charge is -2.34. The van der Waals surface area contributed by atoms with Crippen LogP contribution in [0.4, 0.5) is 5.69 Å². The zero-order chi connectivity index (χ0) is 13.1. The average molecular weight is 249 g/mol. The SMILES string of the molecule is CC(C)c1ccc(N2CCOCC2C(=O)O)cc1. The molecular formula is C14H19NO3. The molecule has 1 atom stereocenters. The molecule has 0 aliphatic carbocycles. The maximum absolute atomic E-state index is 11.2. The van der Waals surface area contributed by atoms with Crippen LogP contribution in [0, 0.1) is 0 Å². The predicted molar refractivity (Wildman–Crippen MR) is 70.1 cm³/mol. The highest BCUT2D eigenvalue weighted by atomic mass is 16.5. The highest BCUT2D eigenvalue weighted by molar-refractivity contribution is 5.78. The van der Waals surface area contributed by atoms with Crippen molar-refractivity contribution in [2.24, 2.45) is 0 Å². The van der Waals surface area contributed by atoms with Gasteiger partial charge in [0.2, 0.25) is 0 Å². The number of anilines is 1. The van der Waals surface area contributed by atoms with E-state index in [1.165, 1.54) is 5.56 Å². The largest absolute Gasteiger partial charge is 0.480 e. The third kappa shape index (κ3) is 2.64. The number of carbonyl (C=O) groups is 1. The molecule has 0 amide bonds. The van der Waals surface area contributed by atoms with Crippen LogP contribution in [0.1, 0.15) is 25.3 Å². The number of hydrogen-bond donors (Lipinski definition) is 1. The van der Waals surface area contributed by atoms with E-state index >= 15 is 0 Å². The Kier molecular flexibility index (Phi) is 3.87. The fraction of sp³-hybridized carbons (Fsp3) is 0.500. The standard InChI is InChI=1S/C14H19NO3/c1-10(2)11-3-5-12(6-4-11)15-7-8-18-9-13(15)14(16)17/h3-6,10,13H,7-9H2,1-2H3,(H,16,17). The van der Waals surface area contributed by atoms with Gasteiger partial charge >= 0.3 is 5.97 Å². The second kappa shape index (κ2) is 5.40. The Morgan fingerprint density at radius 3 is 2.61 bits per heavy atom. The highest BCUT2D eigenvalue weighted by Gasteiger charge is 2.29. The Morgan fingerprint density at radius 1 is 1.39 bits per heavy atom. The summed E-state index contributed by atoms with van der Waals surface area (Å²) in [6, 6.07) is 7.54. The first-order chi connectivity index (χ1) is 8.59. The summed E-state index contributed by atoms with van der Waals surface area (Å²) in [5.41, 5.74) is 2.22. The summed E-state index contributed by atoms with van der Waals surface area (Å²) in [4.78, 5) is 13.1. The number of ether oxygens (including phenoxy) is 1. The third-order valence-electron chi connectivity index (χ3n) is 3.30. The smallest absolute Gasteiger partial charge is 0.328 e. The summed E-state index contributed by atoms with van der Waals surface area (Å²) >= 11 is 0. The Morgan fingerprint density at radius 2 is 2.06 bits per heavy atom. The molecule has 1 heterocycles. The molecule has 1 aromatic rings. The van der Waals surface area contributed by atoms with Crippen molar-refractivity contribution in [3.63, 3.8) is 0 Å². The van der Waals surface area contributed by atoms with Crippen LogP contribution in [-0.4, -0.2) is 36.9 Å². The molecule has 0 bridgehead atoms. The summed E-state index contributed by atoms with van der Waals surface area (Å²) in [6.07, 6.45) is 0. The average Bonchev–Trinajstić information content (AvgIpc) is 2.39. The van der Waals surface area contributed by atoms with E-state index in [9.17, 15) is 9.90 Å². The molecule has 0 saturated carbocycles. The molecule has 0 spiro atoms. The molecule has 2 rings (SSSR count). The summed E-state index contributed by atoms with van der Waals surface area (Å²) in [5, 5.41) is 9.19. The molecule has 1 saturated heterocycles. The number of morpholine rings is 1. The van der Waals surface area contributed by atoms with Gasteiger partial charge in [0, 0.05) is 12.2 Å². The molecule has 0 radical (unpaired) electrons. The van der Waals surface area contributed by atoms with Crippen molar-refractivity contribution in [3.05, 3.63) is 29.8 Å². The Labute approximate surface area is 107 Å². The van der Waals surface area contributed by atoms with Crippen LogP contribution in [0.15, 0.2) is 24.3 Å². The molecule has 1 aliphatic rings. The molecule has 98 valence electrons. The van der Waals surface area contributed by atoms with E-state index in [-0.39, 0.29) is 6.61 Å². The topological polar surface area (TPSA) is 49.8 Å². The number of carboxylic acids is 1. The van der Waals surface area contributed by atoms with Gasteiger partial charge in [-0.05, 0) is 23.6 Å². The van der Waals surface area contributed by atoms with Crippen LogP contribution < -0.4 is 4.90 Å². The van der Waals surface area contributed by atoms with Crippen LogP contribution in [0.3, 0.4) is 0 Å². The van der Waals surface area contributed by atoms with Gasteiger partial charge in [-0.1, -0.05) is 26.0 Å². The van der Waals surface area contributed by atoms with Gasteiger partial charge in [-0.2, -0.15) is 0 Å². The van der Waals surface area contributed by atoms with E-state index < -0.39 is 12.0 Å². The Bertz CT molecular complexity index is 414. The molecule has 1 aliphatic heterocycles. The quantitative estimate of drug-likeness (QED) is 0.891. The first-order valence-corrected chi connectivity index (χ1v) is 6.26. The number of aliphatic carboxylic acids is 1. The first-order valence-electron chi connectivity index (χ1n) is 6.26. The van der Waals surface area contributed by atoms with Gasteiger partial charge in [0.05, 0.1) is 13.2 Å².